The molecule has 0 aromatic rings. The molecule has 0 bridgehead atoms. The van der Waals surface area contributed by atoms with Crippen molar-refractivity contribution in [3.63, 3.8) is 0 Å². The van der Waals surface area contributed by atoms with Gasteiger partial charge in [-0.25, -0.2) is 0 Å². The van der Waals surface area contributed by atoms with Crippen LogP contribution in [0.5, 0.6) is 0 Å². The Balaban J connectivity index is 1.67. The zero-order valence-corrected chi connectivity index (χ0v) is 19.5. The van der Waals surface area contributed by atoms with E-state index in [4.69, 9.17) is 9.47 Å². The summed E-state index contributed by atoms with van der Waals surface area (Å²) in [5.41, 5.74) is 0. The minimum absolute atomic E-state index is 0.0321. The molecule has 2 atom stereocenters. The Bertz CT molecular complexity index is 652. The highest BCUT2D eigenvalue weighted by Crippen LogP contribution is 2.22. The predicted octanol–water partition coefficient (Wildman–Crippen LogP) is 1.95. The van der Waals surface area contributed by atoms with Gasteiger partial charge in [0, 0.05) is 31.1 Å². The summed E-state index contributed by atoms with van der Waals surface area (Å²) in [4.78, 5) is 39.1. The summed E-state index contributed by atoms with van der Waals surface area (Å²) in [5, 5.41) is 6.22. The summed E-state index contributed by atoms with van der Waals surface area (Å²) in [5.74, 6) is -0.129. The number of rotatable bonds is 11. The third kappa shape index (κ3) is 8.06. The quantitative estimate of drug-likeness (QED) is 0.470. The summed E-state index contributed by atoms with van der Waals surface area (Å²) in [6.45, 7) is 12.5. The van der Waals surface area contributed by atoms with Gasteiger partial charge in [-0.05, 0) is 52.4 Å². The van der Waals surface area contributed by atoms with E-state index in [0.29, 0.717) is 39.1 Å². The number of hydrogen-bond acceptors (Lipinski definition) is 5. The van der Waals surface area contributed by atoms with Crippen molar-refractivity contribution in [3.8, 4) is 0 Å². The first kappa shape index (κ1) is 26.1. The molecule has 1 saturated carbocycles. The largest absolute Gasteiger partial charge is 0.365 e. The maximum absolute atomic E-state index is 12.7. The Morgan fingerprint density at radius 3 is 1.91 bits per heavy atom. The Morgan fingerprint density at radius 2 is 1.38 bits per heavy atom. The number of carbonyl (C=O) groups is 3. The molecule has 8 heteroatoms. The van der Waals surface area contributed by atoms with Crippen LogP contribution < -0.4 is 10.6 Å². The third-order valence-corrected chi connectivity index (χ3v) is 6.24. The molecule has 1 heterocycles. The number of likely N-dealkylation sites (tertiary alicyclic amines) is 1. The van der Waals surface area contributed by atoms with Crippen LogP contribution in [0, 0.1) is 5.92 Å². The van der Waals surface area contributed by atoms with Crippen LogP contribution in [0.1, 0.15) is 52.4 Å². The van der Waals surface area contributed by atoms with Crippen LogP contribution in [0.4, 0.5) is 0 Å². The molecule has 2 fully saturated rings. The number of piperidine rings is 1. The van der Waals surface area contributed by atoms with Crippen molar-refractivity contribution in [2.75, 3.05) is 26.3 Å². The highest BCUT2D eigenvalue weighted by Gasteiger charge is 2.31. The standard InChI is InChI=1S/C24H39N3O5/c1-5-15-31-17(3)22(28)25-20-7-9-21(10-8-20)26-23(29)19-11-13-27(14-12-19)24(30)18(4)32-16-6-2/h5-6,17-21H,1-2,7-16H2,3-4H3,(H,25,28)(H,26,29). The second-order valence-corrected chi connectivity index (χ2v) is 8.69. The minimum Gasteiger partial charge on any atom is -0.365 e. The number of nitrogens with zero attached hydrogens (tertiary/aromatic N) is 1. The molecule has 2 N–H and O–H groups in total. The van der Waals surface area contributed by atoms with Crippen molar-refractivity contribution in [3.05, 3.63) is 25.3 Å². The van der Waals surface area contributed by atoms with Crippen LogP contribution in [0.25, 0.3) is 0 Å². The number of ether oxygens (including phenoxy) is 2. The van der Waals surface area contributed by atoms with Crippen LogP contribution in [-0.2, 0) is 23.9 Å². The van der Waals surface area contributed by atoms with Gasteiger partial charge in [-0.2, -0.15) is 0 Å². The first-order chi connectivity index (χ1) is 15.3. The van der Waals surface area contributed by atoms with Crippen molar-refractivity contribution in [2.45, 2.75) is 76.7 Å². The Labute approximate surface area is 191 Å². The summed E-state index contributed by atoms with van der Waals surface area (Å²) < 4.78 is 10.8. The van der Waals surface area contributed by atoms with Gasteiger partial charge in [-0.15, -0.1) is 13.2 Å². The molecular formula is C24H39N3O5. The fourth-order valence-corrected chi connectivity index (χ4v) is 4.21. The maximum Gasteiger partial charge on any atom is 0.251 e. The summed E-state index contributed by atoms with van der Waals surface area (Å²) in [6.07, 6.45) is 6.94. The van der Waals surface area contributed by atoms with E-state index in [-0.39, 0.29) is 35.7 Å². The van der Waals surface area contributed by atoms with Gasteiger partial charge in [0.05, 0.1) is 13.2 Å². The first-order valence-corrected chi connectivity index (χ1v) is 11.7. The van der Waals surface area contributed by atoms with Crippen LogP contribution in [0.15, 0.2) is 25.3 Å². The van der Waals surface area contributed by atoms with Crippen LogP contribution >= 0.6 is 0 Å². The number of hydrogen-bond donors (Lipinski definition) is 2. The summed E-state index contributed by atoms with van der Waals surface area (Å²) >= 11 is 0. The summed E-state index contributed by atoms with van der Waals surface area (Å²) in [6, 6.07) is 0.252. The lowest BCUT2D eigenvalue weighted by Crippen LogP contribution is -2.49. The fraction of sp³-hybridized carbons (Fsp3) is 0.708. The highest BCUT2D eigenvalue weighted by molar-refractivity contribution is 5.82. The van der Waals surface area contributed by atoms with Gasteiger partial charge in [0.25, 0.3) is 5.91 Å². The zero-order valence-electron chi connectivity index (χ0n) is 19.5. The number of carbonyl (C=O) groups excluding carboxylic acids is 3. The minimum atomic E-state index is -0.500. The van der Waals surface area contributed by atoms with Crippen molar-refractivity contribution >= 4 is 17.7 Å². The molecule has 8 nitrogen and oxygen atoms in total. The molecule has 2 unspecified atom stereocenters. The lowest BCUT2D eigenvalue weighted by molar-refractivity contribution is -0.144. The van der Waals surface area contributed by atoms with Crippen LogP contribution in [0.2, 0.25) is 0 Å². The topological polar surface area (TPSA) is 97.0 Å². The molecule has 1 saturated heterocycles. The molecular weight excluding hydrogens is 410 g/mol. The smallest absolute Gasteiger partial charge is 0.251 e. The second kappa shape index (κ2) is 13.4. The molecule has 0 aromatic heterocycles. The molecule has 2 rings (SSSR count). The van der Waals surface area contributed by atoms with Gasteiger partial charge >= 0.3 is 0 Å². The monoisotopic (exact) mass is 449 g/mol. The normalized spacial score (nSPS) is 23.6. The van der Waals surface area contributed by atoms with E-state index in [1.165, 1.54) is 0 Å². The zero-order chi connectivity index (χ0) is 23.5. The molecule has 1 aliphatic heterocycles. The van der Waals surface area contributed by atoms with Gasteiger partial charge in [0.1, 0.15) is 12.2 Å². The van der Waals surface area contributed by atoms with Gasteiger partial charge in [0.2, 0.25) is 11.8 Å². The first-order valence-electron chi connectivity index (χ1n) is 11.7. The van der Waals surface area contributed by atoms with Gasteiger partial charge < -0.3 is 25.0 Å². The average molecular weight is 450 g/mol. The third-order valence-electron chi connectivity index (χ3n) is 6.24. The second-order valence-electron chi connectivity index (χ2n) is 8.69. The van der Waals surface area contributed by atoms with Gasteiger partial charge in [-0.1, -0.05) is 12.2 Å². The van der Waals surface area contributed by atoms with Crippen LogP contribution in [-0.4, -0.2) is 73.2 Å². The molecule has 0 aromatic carbocycles. The van der Waals surface area contributed by atoms with E-state index in [2.05, 4.69) is 23.8 Å². The number of nitrogens with one attached hydrogen (secondary N) is 2. The van der Waals surface area contributed by atoms with E-state index in [0.717, 1.165) is 25.7 Å². The summed E-state index contributed by atoms with van der Waals surface area (Å²) in [7, 11) is 0. The van der Waals surface area contributed by atoms with Gasteiger partial charge in [0.15, 0.2) is 0 Å². The van der Waals surface area contributed by atoms with Gasteiger partial charge in [-0.3, -0.25) is 14.4 Å². The van der Waals surface area contributed by atoms with E-state index < -0.39 is 12.2 Å². The van der Waals surface area contributed by atoms with Crippen molar-refractivity contribution in [2.24, 2.45) is 5.92 Å². The van der Waals surface area contributed by atoms with E-state index in [1.807, 2.05) is 0 Å². The Hall–Kier alpha value is -2.19. The maximum atomic E-state index is 12.7. The van der Waals surface area contributed by atoms with E-state index in [1.54, 1.807) is 30.9 Å². The van der Waals surface area contributed by atoms with Crippen molar-refractivity contribution in [1.29, 1.82) is 0 Å². The molecule has 2 aliphatic rings. The van der Waals surface area contributed by atoms with E-state index in [9.17, 15) is 14.4 Å². The molecule has 180 valence electrons. The SMILES string of the molecule is C=CCOC(C)C(=O)NC1CCC(NC(=O)C2CCN(C(=O)C(C)OCC=C)CC2)CC1. The predicted molar refractivity (Wildman–Crippen MR) is 123 cm³/mol. The van der Waals surface area contributed by atoms with E-state index >= 15 is 0 Å². The average Bonchev–Trinajstić information content (AvgIpc) is 2.81. The Kier molecular flexibility index (Phi) is 10.9. The van der Waals surface area contributed by atoms with Crippen LogP contribution in [0.3, 0.4) is 0 Å². The highest BCUT2D eigenvalue weighted by atomic mass is 16.5. The Morgan fingerprint density at radius 1 is 0.875 bits per heavy atom. The van der Waals surface area contributed by atoms with Crippen molar-refractivity contribution in [1.82, 2.24) is 15.5 Å². The van der Waals surface area contributed by atoms with Crippen molar-refractivity contribution < 1.29 is 23.9 Å². The molecule has 0 radical (unpaired) electrons. The lowest BCUT2D eigenvalue weighted by atomic mass is 9.89. The molecule has 1 aliphatic carbocycles. The molecule has 32 heavy (non-hydrogen) atoms. The molecule has 3 amide bonds. The molecule has 0 spiro atoms. The number of amides is 3. The fourth-order valence-electron chi connectivity index (χ4n) is 4.21. The lowest BCUT2D eigenvalue weighted by Gasteiger charge is -2.35.